The highest BCUT2D eigenvalue weighted by Crippen LogP contribution is 2.15. The fourth-order valence-electron chi connectivity index (χ4n) is 1.91. The van der Waals surface area contributed by atoms with Crippen molar-refractivity contribution in [3.8, 4) is 0 Å². The van der Waals surface area contributed by atoms with E-state index in [-0.39, 0.29) is 5.91 Å². The van der Waals surface area contributed by atoms with E-state index < -0.39 is 5.97 Å². The third kappa shape index (κ3) is 5.56. The van der Waals surface area contributed by atoms with Gasteiger partial charge < -0.3 is 10.0 Å². The zero-order valence-corrected chi connectivity index (χ0v) is 13.6. The molecule has 0 fully saturated rings. The SMILES string of the molecule is CCN(C)C(=O)c1cc(/C=C/C(=O)O)cc(CC=C(C)C)c1. The molecule has 1 aromatic carbocycles. The van der Waals surface area contributed by atoms with Gasteiger partial charge in [-0.15, -0.1) is 0 Å². The van der Waals surface area contributed by atoms with Crippen molar-refractivity contribution in [2.75, 3.05) is 13.6 Å². The topological polar surface area (TPSA) is 57.6 Å². The zero-order chi connectivity index (χ0) is 16.7. The molecule has 0 aromatic heterocycles. The monoisotopic (exact) mass is 301 g/mol. The minimum Gasteiger partial charge on any atom is -0.478 e. The van der Waals surface area contributed by atoms with Crippen LogP contribution in [-0.2, 0) is 11.2 Å². The highest BCUT2D eigenvalue weighted by atomic mass is 16.4. The first-order valence-corrected chi connectivity index (χ1v) is 7.27. The smallest absolute Gasteiger partial charge is 0.328 e. The summed E-state index contributed by atoms with van der Waals surface area (Å²) in [5, 5.41) is 8.75. The molecule has 1 N–H and O–H groups in total. The fourth-order valence-corrected chi connectivity index (χ4v) is 1.91. The molecule has 1 rings (SSSR count). The van der Waals surface area contributed by atoms with Crippen molar-refractivity contribution in [1.82, 2.24) is 4.90 Å². The largest absolute Gasteiger partial charge is 0.478 e. The van der Waals surface area contributed by atoms with Crippen LogP contribution < -0.4 is 0 Å². The van der Waals surface area contributed by atoms with Crippen LogP contribution in [0, 0.1) is 0 Å². The summed E-state index contributed by atoms with van der Waals surface area (Å²) in [6.45, 7) is 6.57. The molecule has 0 aliphatic rings. The third-order valence-corrected chi connectivity index (χ3v) is 3.25. The Kier molecular flexibility index (Phi) is 6.57. The van der Waals surface area contributed by atoms with Crippen LogP contribution in [0.4, 0.5) is 0 Å². The van der Waals surface area contributed by atoms with E-state index >= 15 is 0 Å². The molecule has 0 bridgehead atoms. The van der Waals surface area contributed by atoms with Crippen molar-refractivity contribution >= 4 is 18.0 Å². The van der Waals surface area contributed by atoms with Gasteiger partial charge in [0.05, 0.1) is 0 Å². The highest BCUT2D eigenvalue weighted by molar-refractivity contribution is 5.95. The van der Waals surface area contributed by atoms with Crippen LogP contribution in [-0.4, -0.2) is 35.5 Å². The van der Waals surface area contributed by atoms with Crippen molar-refractivity contribution in [2.24, 2.45) is 0 Å². The van der Waals surface area contributed by atoms with Gasteiger partial charge in [0.1, 0.15) is 0 Å². The van der Waals surface area contributed by atoms with E-state index in [1.165, 1.54) is 11.6 Å². The molecule has 4 heteroatoms. The number of amides is 1. The number of allylic oxidation sites excluding steroid dienone is 2. The molecule has 0 radical (unpaired) electrons. The van der Waals surface area contributed by atoms with Gasteiger partial charge in [-0.3, -0.25) is 4.79 Å². The number of nitrogens with zero attached hydrogens (tertiary/aromatic N) is 1. The van der Waals surface area contributed by atoms with Gasteiger partial charge in [-0.25, -0.2) is 4.79 Å². The minimum absolute atomic E-state index is 0.0634. The van der Waals surface area contributed by atoms with E-state index in [9.17, 15) is 9.59 Å². The van der Waals surface area contributed by atoms with Crippen molar-refractivity contribution in [3.05, 3.63) is 52.6 Å². The highest BCUT2D eigenvalue weighted by Gasteiger charge is 2.11. The molecule has 4 nitrogen and oxygen atoms in total. The molecule has 1 amide bonds. The number of carbonyl (C=O) groups excluding carboxylic acids is 1. The van der Waals surface area contributed by atoms with Crippen molar-refractivity contribution in [3.63, 3.8) is 0 Å². The van der Waals surface area contributed by atoms with Crippen molar-refractivity contribution in [2.45, 2.75) is 27.2 Å². The predicted octanol–water partition coefficient (Wildman–Crippen LogP) is 3.39. The number of benzene rings is 1. The van der Waals surface area contributed by atoms with E-state index in [1.807, 2.05) is 32.9 Å². The predicted molar refractivity (Wildman–Crippen MR) is 88.9 cm³/mol. The standard InChI is InChI=1S/C18H23NO3/c1-5-19(4)18(22)16-11-14(7-6-13(2)3)10-15(12-16)8-9-17(20)21/h6,8-12H,5,7H2,1-4H3,(H,20,21)/b9-8+. The first kappa shape index (κ1) is 17.7. The molecule has 0 saturated carbocycles. The van der Waals surface area contributed by atoms with E-state index in [0.717, 1.165) is 17.2 Å². The van der Waals surface area contributed by atoms with E-state index in [2.05, 4.69) is 6.08 Å². The van der Waals surface area contributed by atoms with Gasteiger partial charge in [0.25, 0.3) is 5.91 Å². The maximum absolute atomic E-state index is 12.3. The van der Waals surface area contributed by atoms with Gasteiger partial charge in [0.15, 0.2) is 0 Å². The Bertz CT molecular complexity index is 611. The molecule has 0 unspecified atom stereocenters. The Morgan fingerprint density at radius 2 is 1.91 bits per heavy atom. The summed E-state index contributed by atoms with van der Waals surface area (Å²) in [6, 6.07) is 5.49. The number of hydrogen-bond acceptors (Lipinski definition) is 2. The first-order chi connectivity index (χ1) is 10.3. The number of carbonyl (C=O) groups is 2. The van der Waals surface area contributed by atoms with Gasteiger partial charge >= 0.3 is 5.97 Å². The quantitative estimate of drug-likeness (QED) is 0.647. The van der Waals surface area contributed by atoms with Gasteiger partial charge in [0.2, 0.25) is 0 Å². The summed E-state index contributed by atoms with van der Waals surface area (Å²) in [5.74, 6) is -1.07. The summed E-state index contributed by atoms with van der Waals surface area (Å²) in [7, 11) is 1.75. The average molecular weight is 301 g/mol. The van der Waals surface area contributed by atoms with Crippen LogP contribution in [0.2, 0.25) is 0 Å². The molecule has 22 heavy (non-hydrogen) atoms. The molecular weight excluding hydrogens is 278 g/mol. The molecule has 0 aliphatic heterocycles. The third-order valence-electron chi connectivity index (χ3n) is 3.25. The number of rotatable bonds is 6. The van der Waals surface area contributed by atoms with Gasteiger partial charge in [0, 0.05) is 25.2 Å². The van der Waals surface area contributed by atoms with E-state index in [1.54, 1.807) is 18.0 Å². The lowest BCUT2D eigenvalue weighted by molar-refractivity contribution is -0.131. The summed E-state index contributed by atoms with van der Waals surface area (Å²) in [5.41, 5.74) is 3.48. The number of carboxylic acids is 1. The maximum Gasteiger partial charge on any atom is 0.328 e. The second-order valence-corrected chi connectivity index (χ2v) is 5.44. The van der Waals surface area contributed by atoms with Crippen molar-refractivity contribution < 1.29 is 14.7 Å². The fraction of sp³-hybridized carbons (Fsp3) is 0.333. The summed E-state index contributed by atoms with van der Waals surface area (Å²) < 4.78 is 0. The lowest BCUT2D eigenvalue weighted by Crippen LogP contribution is -2.26. The Morgan fingerprint density at radius 1 is 1.23 bits per heavy atom. The van der Waals surface area contributed by atoms with Gasteiger partial charge in [-0.1, -0.05) is 17.7 Å². The first-order valence-electron chi connectivity index (χ1n) is 7.27. The Balaban J connectivity index is 3.22. The molecule has 118 valence electrons. The van der Waals surface area contributed by atoms with Crippen LogP contribution in [0.1, 0.15) is 42.3 Å². The zero-order valence-electron chi connectivity index (χ0n) is 13.6. The summed E-state index contributed by atoms with van der Waals surface area (Å²) >= 11 is 0. The summed E-state index contributed by atoms with van der Waals surface area (Å²) in [4.78, 5) is 24.6. The van der Waals surface area contributed by atoms with Crippen LogP contribution in [0.5, 0.6) is 0 Å². The maximum atomic E-state index is 12.3. The molecule has 0 atom stereocenters. The number of carboxylic acid groups (broad SMARTS) is 1. The molecule has 0 aliphatic carbocycles. The Hall–Kier alpha value is -2.36. The van der Waals surface area contributed by atoms with E-state index in [4.69, 9.17) is 5.11 Å². The molecule has 1 aromatic rings. The Labute approximate surface area is 131 Å². The molecule has 0 heterocycles. The average Bonchev–Trinajstić information content (AvgIpc) is 2.49. The number of aliphatic carboxylic acids is 1. The lowest BCUT2D eigenvalue weighted by Gasteiger charge is -2.15. The summed E-state index contributed by atoms with van der Waals surface area (Å²) in [6.07, 6.45) is 5.39. The second-order valence-electron chi connectivity index (χ2n) is 5.44. The molecule has 0 saturated heterocycles. The molecule has 0 spiro atoms. The second kappa shape index (κ2) is 8.17. The van der Waals surface area contributed by atoms with Crippen LogP contribution in [0.15, 0.2) is 35.9 Å². The van der Waals surface area contributed by atoms with E-state index in [0.29, 0.717) is 18.5 Å². The lowest BCUT2D eigenvalue weighted by atomic mass is 10.0. The number of hydrogen-bond donors (Lipinski definition) is 1. The molecular formula is C18H23NO3. The van der Waals surface area contributed by atoms with Crippen molar-refractivity contribution in [1.29, 1.82) is 0 Å². The Morgan fingerprint density at radius 3 is 2.45 bits per heavy atom. The minimum atomic E-state index is -1.01. The van der Waals surface area contributed by atoms with Gasteiger partial charge in [-0.2, -0.15) is 0 Å². The van der Waals surface area contributed by atoms with Crippen LogP contribution in [0.25, 0.3) is 6.08 Å². The normalized spacial score (nSPS) is 10.5. The van der Waals surface area contributed by atoms with Gasteiger partial charge in [-0.05, 0) is 56.5 Å². The van der Waals surface area contributed by atoms with Crippen LogP contribution in [0.3, 0.4) is 0 Å². The van der Waals surface area contributed by atoms with Crippen LogP contribution >= 0.6 is 0 Å².